The van der Waals surface area contributed by atoms with Gasteiger partial charge in [-0.2, -0.15) is 5.26 Å². The zero-order chi connectivity index (χ0) is 13.0. The van der Waals surface area contributed by atoms with E-state index in [1.807, 2.05) is 31.2 Å². The number of hydrogen-bond donors (Lipinski definition) is 2. The van der Waals surface area contributed by atoms with Gasteiger partial charge in [0.2, 0.25) is 0 Å². The number of aromatic amines is 1. The first-order valence-electron chi connectivity index (χ1n) is 5.63. The predicted molar refractivity (Wildman–Crippen MR) is 71.6 cm³/mol. The van der Waals surface area contributed by atoms with Crippen molar-refractivity contribution in [3.05, 3.63) is 18.2 Å². The Kier molecular flexibility index (Phi) is 4.07. The van der Waals surface area contributed by atoms with Crippen LogP contribution in [-0.2, 0) is 0 Å². The van der Waals surface area contributed by atoms with E-state index in [0.29, 0.717) is 12.4 Å². The fraction of sp³-hybridized carbons (Fsp3) is 0.333. The van der Waals surface area contributed by atoms with Gasteiger partial charge in [-0.3, -0.25) is 0 Å². The number of benzene rings is 1. The molecule has 3 N–H and O–H groups in total. The van der Waals surface area contributed by atoms with Crippen LogP contribution < -0.4 is 10.5 Å². The smallest absolute Gasteiger partial charge is 0.166 e. The molecule has 0 aliphatic heterocycles. The molecule has 0 bridgehead atoms. The molecule has 0 amide bonds. The minimum Gasteiger partial charge on any atom is -0.494 e. The SMILES string of the molecule is CCOc1ccc2nc(SCC(N)C#N)[nH]c2c1. The van der Waals surface area contributed by atoms with Crippen molar-refractivity contribution in [1.29, 1.82) is 5.26 Å². The van der Waals surface area contributed by atoms with Crippen LogP contribution in [-0.4, -0.2) is 28.4 Å². The lowest BCUT2D eigenvalue weighted by Crippen LogP contribution is -2.19. The molecule has 2 aromatic rings. The molecule has 18 heavy (non-hydrogen) atoms. The molecule has 0 fully saturated rings. The molecule has 0 radical (unpaired) electrons. The highest BCUT2D eigenvalue weighted by molar-refractivity contribution is 7.99. The van der Waals surface area contributed by atoms with Crippen LogP contribution in [0.4, 0.5) is 0 Å². The molecule has 1 aromatic heterocycles. The monoisotopic (exact) mass is 262 g/mol. The number of fused-ring (bicyclic) bond motifs is 1. The quantitative estimate of drug-likeness (QED) is 0.803. The molecular weight excluding hydrogens is 248 g/mol. The maximum Gasteiger partial charge on any atom is 0.166 e. The molecule has 5 nitrogen and oxygen atoms in total. The number of ether oxygens (including phenoxy) is 1. The Morgan fingerprint density at radius 1 is 1.61 bits per heavy atom. The van der Waals surface area contributed by atoms with E-state index >= 15 is 0 Å². The molecule has 0 aliphatic rings. The summed E-state index contributed by atoms with van der Waals surface area (Å²) >= 11 is 1.44. The number of H-pyrrole nitrogens is 1. The average Bonchev–Trinajstić information content (AvgIpc) is 2.78. The molecule has 6 heteroatoms. The van der Waals surface area contributed by atoms with Gasteiger partial charge < -0.3 is 15.5 Å². The number of rotatable bonds is 5. The maximum atomic E-state index is 8.61. The summed E-state index contributed by atoms with van der Waals surface area (Å²) in [6.07, 6.45) is 0. The Bertz CT molecular complexity index is 575. The highest BCUT2D eigenvalue weighted by atomic mass is 32.2. The van der Waals surface area contributed by atoms with Gasteiger partial charge in [0.15, 0.2) is 5.16 Å². The minimum atomic E-state index is -0.470. The second kappa shape index (κ2) is 5.76. The van der Waals surface area contributed by atoms with E-state index in [0.717, 1.165) is 21.9 Å². The lowest BCUT2D eigenvalue weighted by atomic mass is 10.3. The largest absolute Gasteiger partial charge is 0.494 e. The fourth-order valence-electron chi connectivity index (χ4n) is 1.50. The normalized spacial score (nSPS) is 12.3. The van der Waals surface area contributed by atoms with Crippen molar-refractivity contribution >= 4 is 22.8 Å². The third-order valence-corrected chi connectivity index (χ3v) is 3.30. The number of aromatic nitrogens is 2. The molecule has 1 heterocycles. The second-order valence-electron chi connectivity index (χ2n) is 3.70. The molecule has 2 rings (SSSR count). The molecule has 0 spiro atoms. The average molecular weight is 262 g/mol. The first-order chi connectivity index (χ1) is 8.72. The van der Waals surface area contributed by atoms with Crippen LogP contribution >= 0.6 is 11.8 Å². The number of nitriles is 1. The van der Waals surface area contributed by atoms with Crippen molar-refractivity contribution in [3.63, 3.8) is 0 Å². The van der Waals surface area contributed by atoms with E-state index in [9.17, 15) is 0 Å². The molecule has 0 aliphatic carbocycles. The predicted octanol–water partition coefficient (Wildman–Crippen LogP) is 1.90. The first kappa shape index (κ1) is 12.7. The van der Waals surface area contributed by atoms with E-state index < -0.39 is 6.04 Å². The summed E-state index contributed by atoms with van der Waals surface area (Å²) in [4.78, 5) is 7.59. The first-order valence-corrected chi connectivity index (χ1v) is 6.62. The molecule has 0 saturated carbocycles. The van der Waals surface area contributed by atoms with Gasteiger partial charge in [0.1, 0.15) is 11.8 Å². The van der Waals surface area contributed by atoms with E-state index in [-0.39, 0.29) is 0 Å². The molecule has 1 aromatic carbocycles. The number of nitrogens with two attached hydrogens (primary N) is 1. The van der Waals surface area contributed by atoms with Crippen LogP contribution in [0, 0.1) is 11.3 Å². The lowest BCUT2D eigenvalue weighted by molar-refractivity contribution is 0.340. The van der Waals surface area contributed by atoms with E-state index in [2.05, 4.69) is 9.97 Å². The Morgan fingerprint density at radius 3 is 3.17 bits per heavy atom. The zero-order valence-corrected chi connectivity index (χ0v) is 10.8. The van der Waals surface area contributed by atoms with Crippen molar-refractivity contribution in [2.24, 2.45) is 5.73 Å². The number of thioether (sulfide) groups is 1. The fourth-order valence-corrected chi connectivity index (χ4v) is 2.25. The van der Waals surface area contributed by atoms with Gasteiger partial charge in [0.05, 0.1) is 23.7 Å². The number of nitrogens with one attached hydrogen (secondary N) is 1. The van der Waals surface area contributed by atoms with Crippen LogP contribution in [0.15, 0.2) is 23.4 Å². The van der Waals surface area contributed by atoms with Crippen molar-refractivity contribution < 1.29 is 4.74 Å². The van der Waals surface area contributed by atoms with Gasteiger partial charge in [0.25, 0.3) is 0 Å². The summed E-state index contributed by atoms with van der Waals surface area (Å²) in [7, 11) is 0. The summed E-state index contributed by atoms with van der Waals surface area (Å²) in [5, 5.41) is 9.38. The zero-order valence-electron chi connectivity index (χ0n) is 10.0. The van der Waals surface area contributed by atoms with E-state index in [4.69, 9.17) is 15.7 Å². The molecular formula is C12H14N4OS. The summed E-state index contributed by atoms with van der Waals surface area (Å²) < 4.78 is 5.42. The topological polar surface area (TPSA) is 87.7 Å². The number of hydrogen-bond acceptors (Lipinski definition) is 5. The van der Waals surface area contributed by atoms with Gasteiger partial charge in [-0.25, -0.2) is 4.98 Å². The van der Waals surface area contributed by atoms with E-state index in [1.54, 1.807) is 0 Å². The molecule has 1 atom stereocenters. The Morgan fingerprint density at radius 2 is 2.44 bits per heavy atom. The van der Waals surface area contributed by atoms with Crippen LogP contribution in [0.1, 0.15) is 6.92 Å². The maximum absolute atomic E-state index is 8.61. The van der Waals surface area contributed by atoms with Gasteiger partial charge >= 0.3 is 0 Å². The van der Waals surface area contributed by atoms with Crippen LogP contribution in [0.2, 0.25) is 0 Å². The van der Waals surface area contributed by atoms with Crippen molar-refractivity contribution in [3.8, 4) is 11.8 Å². The number of imidazole rings is 1. The third kappa shape index (κ3) is 2.94. The van der Waals surface area contributed by atoms with Crippen molar-refractivity contribution in [1.82, 2.24) is 9.97 Å². The second-order valence-corrected chi connectivity index (χ2v) is 4.71. The summed E-state index contributed by atoms with van der Waals surface area (Å²) in [6.45, 7) is 2.58. The van der Waals surface area contributed by atoms with Crippen molar-refractivity contribution in [2.45, 2.75) is 18.1 Å². The van der Waals surface area contributed by atoms with Gasteiger partial charge in [-0.15, -0.1) is 0 Å². The summed E-state index contributed by atoms with van der Waals surface area (Å²) in [5.41, 5.74) is 7.34. The van der Waals surface area contributed by atoms with E-state index in [1.165, 1.54) is 11.8 Å². The minimum absolute atomic E-state index is 0.470. The standard InChI is InChI=1S/C12H14N4OS/c1-2-17-9-3-4-10-11(5-9)16-12(15-10)18-7-8(14)6-13/h3-5,8H,2,7,14H2,1H3,(H,15,16). The summed E-state index contributed by atoms with van der Waals surface area (Å²) in [5.74, 6) is 1.34. The van der Waals surface area contributed by atoms with Gasteiger partial charge in [-0.1, -0.05) is 11.8 Å². The molecule has 94 valence electrons. The third-order valence-electron chi connectivity index (χ3n) is 2.31. The highest BCUT2D eigenvalue weighted by Gasteiger charge is 2.07. The van der Waals surface area contributed by atoms with Gasteiger partial charge in [0, 0.05) is 11.8 Å². The van der Waals surface area contributed by atoms with Crippen molar-refractivity contribution in [2.75, 3.05) is 12.4 Å². The Labute approximate surface area is 109 Å². The number of nitrogens with zero attached hydrogens (tertiary/aromatic N) is 2. The Balaban J connectivity index is 2.14. The van der Waals surface area contributed by atoms with Crippen LogP contribution in [0.25, 0.3) is 11.0 Å². The highest BCUT2D eigenvalue weighted by Crippen LogP contribution is 2.23. The van der Waals surface area contributed by atoms with Crippen LogP contribution in [0.3, 0.4) is 0 Å². The Hall–Kier alpha value is -1.71. The van der Waals surface area contributed by atoms with Crippen LogP contribution in [0.5, 0.6) is 5.75 Å². The summed E-state index contributed by atoms with van der Waals surface area (Å²) in [6, 6.07) is 7.24. The molecule has 0 saturated heterocycles. The van der Waals surface area contributed by atoms with Gasteiger partial charge in [-0.05, 0) is 19.1 Å². The molecule has 1 unspecified atom stereocenters. The lowest BCUT2D eigenvalue weighted by Gasteiger charge is -2.00.